The molecule has 0 spiro atoms. The van der Waals surface area contributed by atoms with Crippen LogP contribution in [0.15, 0.2) is 22.5 Å². The van der Waals surface area contributed by atoms with Gasteiger partial charge in [0, 0.05) is 0 Å². The van der Waals surface area contributed by atoms with Crippen molar-refractivity contribution in [2.75, 3.05) is 0 Å². The highest BCUT2D eigenvalue weighted by Gasteiger charge is 2.07. The van der Waals surface area contributed by atoms with Crippen molar-refractivity contribution < 1.29 is 4.79 Å². The van der Waals surface area contributed by atoms with Gasteiger partial charge in [0.25, 0.3) is 5.91 Å². The van der Waals surface area contributed by atoms with Crippen LogP contribution in [-0.2, 0) is 4.79 Å². The van der Waals surface area contributed by atoms with Crippen LogP contribution < -0.4 is 0 Å². The molecule has 36 valence electrons. The van der Waals surface area contributed by atoms with Crippen LogP contribution in [0.4, 0.5) is 0 Å². The first-order chi connectivity index (χ1) is 3.29. The van der Waals surface area contributed by atoms with Crippen molar-refractivity contribution >= 4 is 5.91 Å². The summed E-state index contributed by atoms with van der Waals surface area (Å²) < 4.78 is 0. The Hall–Kier alpha value is -0.990. The number of carbonyl (C=O) groups excluding carboxylic acids is 1. The summed E-state index contributed by atoms with van der Waals surface area (Å²) in [5, 5.41) is 6.60. The number of amides is 1. The summed E-state index contributed by atoms with van der Waals surface area (Å²) >= 11 is 0. The molecule has 0 aromatic heterocycles. The van der Waals surface area contributed by atoms with Crippen molar-refractivity contribution in [2.45, 2.75) is 6.42 Å². The Bertz CT molecular complexity index is 132. The molecule has 0 atom stereocenters. The zero-order chi connectivity index (χ0) is 5.28. The maximum Gasteiger partial charge on any atom is 0.270 e. The third kappa shape index (κ3) is 0.707. The van der Waals surface area contributed by atoms with E-state index in [1.807, 2.05) is 0 Å². The van der Waals surface area contributed by atoms with Gasteiger partial charge in [-0.1, -0.05) is 6.58 Å². The lowest BCUT2D eigenvalue weighted by Crippen LogP contribution is -1.81. The van der Waals surface area contributed by atoms with Crippen LogP contribution in [0.2, 0.25) is 0 Å². The maximum atomic E-state index is 10.1. The molecule has 0 N–H and O–H groups in total. The Labute approximate surface area is 40.7 Å². The fourth-order valence-corrected chi connectivity index (χ4v) is 0.372. The van der Waals surface area contributed by atoms with Crippen molar-refractivity contribution in [1.82, 2.24) is 0 Å². The molecule has 0 aliphatic carbocycles. The van der Waals surface area contributed by atoms with Crippen molar-refractivity contribution in [3.05, 3.63) is 12.3 Å². The lowest BCUT2D eigenvalue weighted by molar-refractivity contribution is -0.116. The van der Waals surface area contributed by atoms with Crippen molar-refractivity contribution in [1.29, 1.82) is 0 Å². The average molecular weight is 96.1 g/mol. The van der Waals surface area contributed by atoms with Crippen LogP contribution in [0, 0.1) is 0 Å². The molecular formula is C4H4N2O. The maximum absolute atomic E-state index is 10.1. The first-order valence-electron chi connectivity index (χ1n) is 1.91. The Kier molecular flexibility index (Phi) is 0.749. The van der Waals surface area contributed by atoms with Gasteiger partial charge in [0.05, 0.1) is 12.1 Å². The molecule has 0 aromatic carbocycles. The molecule has 0 bridgehead atoms. The van der Waals surface area contributed by atoms with Crippen LogP contribution in [0.5, 0.6) is 0 Å². The number of carbonyl (C=O) groups is 1. The van der Waals surface area contributed by atoms with E-state index in [9.17, 15) is 4.79 Å². The van der Waals surface area contributed by atoms with Gasteiger partial charge in [-0.25, -0.2) is 0 Å². The molecule has 1 heterocycles. The molecule has 1 aliphatic rings. The van der Waals surface area contributed by atoms with E-state index in [4.69, 9.17) is 0 Å². The molecule has 0 fully saturated rings. The highest BCUT2D eigenvalue weighted by Crippen LogP contribution is 2.09. The Morgan fingerprint density at radius 1 is 1.57 bits per heavy atom. The second-order valence-electron chi connectivity index (χ2n) is 1.34. The summed E-state index contributed by atoms with van der Waals surface area (Å²) in [5.41, 5.74) is 0.560. The number of azo groups is 1. The van der Waals surface area contributed by atoms with Crippen molar-refractivity contribution in [3.63, 3.8) is 0 Å². The third-order valence-corrected chi connectivity index (χ3v) is 0.658. The smallest absolute Gasteiger partial charge is 0.270 e. The van der Waals surface area contributed by atoms with E-state index < -0.39 is 0 Å². The second-order valence-corrected chi connectivity index (χ2v) is 1.34. The number of nitrogens with zero attached hydrogens (tertiary/aromatic N) is 2. The van der Waals surface area contributed by atoms with E-state index in [0.29, 0.717) is 12.1 Å². The van der Waals surface area contributed by atoms with Crippen LogP contribution in [0.25, 0.3) is 0 Å². The molecule has 3 heteroatoms. The van der Waals surface area contributed by atoms with E-state index in [-0.39, 0.29) is 5.91 Å². The summed E-state index contributed by atoms with van der Waals surface area (Å²) in [4.78, 5) is 10.1. The molecule has 0 unspecified atom stereocenters. The van der Waals surface area contributed by atoms with Crippen LogP contribution in [0.1, 0.15) is 6.42 Å². The fourth-order valence-electron chi connectivity index (χ4n) is 0.372. The van der Waals surface area contributed by atoms with Gasteiger partial charge < -0.3 is 0 Å². The zero-order valence-electron chi connectivity index (χ0n) is 3.72. The fraction of sp³-hybridized carbons (Fsp3) is 0.250. The van der Waals surface area contributed by atoms with Gasteiger partial charge in [-0.05, 0) is 0 Å². The second kappa shape index (κ2) is 1.26. The Balaban J connectivity index is 2.76. The molecular weight excluding hydrogens is 92.1 g/mol. The molecule has 0 radical (unpaired) electrons. The van der Waals surface area contributed by atoms with Gasteiger partial charge in [0.2, 0.25) is 0 Å². The minimum absolute atomic E-state index is 0.190. The molecule has 1 amide bonds. The van der Waals surface area contributed by atoms with E-state index in [0.717, 1.165) is 0 Å². The van der Waals surface area contributed by atoms with E-state index in [1.54, 1.807) is 0 Å². The SMILES string of the molecule is C=C1CC(=O)N=N1. The van der Waals surface area contributed by atoms with Crippen molar-refractivity contribution in [3.8, 4) is 0 Å². The number of hydrogen-bond acceptors (Lipinski definition) is 2. The van der Waals surface area contributed by atoms with Gasteiger partial charge in [-0.3, -0.25) is 4.79 Å². The molecule has 3 nitrogen and oxygen atoms in total. The van der Waals surface area contributed by atoms with E-state index >= 15 is 0 Å². The molecule has 0 aromatic rings. The summed E-state index contributed by atoms with van der Waals surface area (Å²) in [5.74, 6) is -0.190. The number of hydrogen-bond donors (Lipinski definition) is 0. The van der Waals surface area contributed by atoms with Gasteiger partial charge in [-0.2, -0.15) is 5.11 Å². The van der Waals surface area contributed by atoms with Crippen LogP contribution >= 0.6 is 0 Å². The summed E-state index contributed by atoms with van der Waals surface area (Å²) in [6.45, 7) is 3.42. The van der Waals surface area contributed by atoms with Crippen LogP contribution in [-0.4, -0.2) is 5.91 Å². The Morgan fingerprint density at radius 3 is 2.43 bits per heavy atom. The quantitative estimate of drug-likeness (QED) is 0.441. The van der Waals surface area contributed by atoms with Gasteiger partial charge >= 0.3 is 0 Å². The Morgan fingerprint density at radius 2 is 2.29 bits per heavy atom. The first-order valence-corrected chi connectivity index (χ1v) is 1.91. The molecule has 1 aliphatic heterocycles. The monoisotopic (exact) mass is 96.0 g/mol. The normalized spacial score (nSPS) is 18.9. The molecule has 0 saturated heterocycles. The number of rotatable bonds is 0. The average Bonchev–Trinajstić information content (AvgIpc) is 1.87. The summed E-state index contributed by atoms with van der Waals surface area (Å²) in [6, 6.07) is 0. The first kappa shape index (κ1) is 4.18. The summed E-state index contributed by atoms with van der Waals surface area (Å²) in [7, 11) is 0. The third-order valence-electron chi connectivity index (χ3n) is 0.658. The minimum Gasteiger partial charge on any atom is -0.270 e. The largest absolute Gasteiger partial charge is 0.270 e. The van der Waals surface area contributed by atoms with Crippen LogP contribution in [0.3, 0.4) is 0 Å². The molecule has 0 saturated carbocycles. The van der Waals surface area contributed by atoms with E-state index in [1.165, 1.54) is 0 Å². The van der Waals surface area contributed by atoms with Crippen molar-refractivity contribution in [2.24, 2.45) is 10.2 Å². The van der Waals surface area contributed by atoms with Gasteiger partial charge in [-0.15, -0.1) is 5.11 Å². The molecule has 7 heavy (non-hydrogen) atoms. The zero-order valence-corrected chi connectivity index (χ0v) is 3.72. The summed E-state index contributed by atoms with van der Waals surface area (Å²) in [6.07, 6.45) is 0.306. The lowest BCUT2D eigenvalue weighted by Gasteiger charge is -1.72. The van der Waals surface area contributed by atoms with E-state index in [2.05, 4.69) is 16.8 Å². The topological polar surface area (TPSA) is 41.8 Å². The highest BCUT2D eigenvalue weighted by atomic mass is 16.2. The van der Waals surface area contributed by atoms with Gasteiger partial charge in [0.1, 0.15) is 0 Å². The lowest BCUT2D eigenvalue weighted by atomic mass is 10.4. The predicted molar refractivity (Wildman–Crippen MR) is 23.6 cm³/mol. The highest BCUT2D eigenvalue weighted by molar-refractivity contribution is 5.80. The van der Waals surface area contributed by atoms with Gasteiger partial charge in [0.15, 0.2) is 0 Å². The minimum atomic E-state index is -0.190. The predicted octanol–water partition coefficient (Wildman–Crippen LogP) is 0.883. The standard InChI is InChI=1S/C4H4N2O/c1-3-2-4(7)6-5-3/h1-2H2. The molecule has 1 rings (SSSR count).